The van der Waals surface area contributed by atoms with E-state index >= 15 is 0 Å². The second kappa shape index (κ2) is 10.3. The van der Waals surface area contributed by atoms with Gasteiger partial charge >= 0.3 is 0 Å². The van der Waals surface area contributed by atoms with Crippen molar-refractivity contribution in [1.29, 1.82) is 0 Å². The van der Waals surface area contributed by atoms with Gasteiger partial charge in [0.1, 0.15) is 24.2 Å². The Morgan fingerprint density at radius 1 is 1.14 bits per heavy atom. The van der Waals surface area contributed by atoms with E-state index in [9.17, 15) is 13.5 Å². The smallest absolute Gasteiger partial charge is 0.231 e. The molecule has 0 fully saturated rings. The van der Waals surface area contributed by atoms with E-state index in [-0.39, 0.29) is 6.61 Å². The summed E-state index contributed by atoms with van der Waals surface area (Å²) in [6, 6.07) is 14.5. The molecule has 1 unspecified atom stereocenters. The quantitative estimate of drug-likeness (QED) is 0.550. The molecule has 0 aliphatic rings. The molecule has 154 valence electrons. The summed E-state index contributed by atoms with van der Waals surface area (Å²) < 4.78 is 35.1. The minimum atomic E-state index is -3.30. The Hall–Kier alpha value is -2.29. The van der Waals surface area contributed by atoms with Crippen molar-refractivity contribution in [2.24, 2.45) is 0 Å². The summed E-state index contributed by atoms with van der Waals surface area (Å²) in [7, 11) is -0.152. The van der Waals surface area contributed by atoms with E-state index in [1.165, 1.54) is 11.4 Å². The molecule has 2 aromatic carbocycles. The largest absolute Gasteiger partial charge is 0.496 e. The van der Waals surface area contributed by atoms with Crippen LogP contribution < -0.4 is 19.1 Å². The summed E-state index contributed by atoms with van der Waals surface area (Å²) in [5.41, 5.74) is 1.66. The van der Waals surface area contributed by atoms with Crippen LogP contribution in [0.3, 0.4) is 0 Å². The lowest BCUT2D eigenvalue weighted by Gasteiger charge is -2.17. The molecule has 2 rings (SSSR count). The third kappa shape index (κ3) is 6.70. The van der Waals surface area contributed by atoms with Crippen LogP contribution in [0.25, 0.3) is 0 Å². The summed E-state index contributed by atoms with van der Waals surface area (Å²) in [5.74, 6) is 1.43. The van der Waals surface area contributed by atoms with Crippen molar-refractivity contribution in [1.82, 2.24) is 5.32 Å². The Bertz CT molecular complexity index is 840. The van der Waals surface area contributed by atoms with E-state index in [1.807, 2.05) is 24.3 Å². The SMILES string of the molecule is COc1ccccc1CCNCC(O)COc1ccc(N(C)S(C)(=O)=O)cc1. The van der Waals surface area contributed by atoms with Crippen LogP contribution in [0.4, 0.5) is 5.69 Å². The standard InChI is InChI=1S/C20H28N2O5S/c1-22(28(3,24)25)17-8-10-19(11-9-17)27-15-18(23)14-21-13-12-16-6-4-5-7-20(16)26-2/h4-11,18,21,23H,12-15H2,1-3H3. The molecule has 1 atom stereocenters. The third-order valence-electron chi connectivity index (χ3n) is 4.28. The number of methoxy groups -OCH3 is 1. The number of para-hydroxylation sites is 1. The van der Waals surface area contributed by atoms with Crippen LogP contribution in [0.5, 0.6) is 11.5 Å². The van der Waals surface area contributed by atoms with Gasteiger partial charge in [0.05, 0.1) is 19.1 Å². The zero-order valence-corrected chi connectivity index (χ0v) is 17.3. The zero-order chi connectivity index (χ0) is 20.6. The Balaban J connectivity index is 1.71. The van der Waals surface area contributed by atoms with Crippen LogP contribution in [0.2, 0.25) is 0 Å². The second-order valence-electron chi connectivity index (χ2n) is 6.46. The number of benzene rings is 2. The number of anilines is 1. The first-order chi connectivity index (χ1) is 13.3. The lowest BCUT2D eigenvalue weighted by molar-refractivity contribution is 0.106. The van der Waals surface area contributed by atoms with Gasteiger partial charge in [-0.3, -0.25) is 4.31 Å². The molecule has 28 heavy (non-hydrogen) atoms. The van der Waals surface area contributed by atoms with E-state index in [1.54, 1.807) is 31.4 Å². The van der Waals surface area contributed by atoms with E-state index < -0.39 is 16.1 Å². The Labute approximate surface area is 166 Å². The number of aliphatic hydroxyl groups excluding tert-OH is 1. The molecule has 0 saturated carbocycles. The maximum Gasteiger partial charge on any atom is 0.231 e. The number of sulfonamides is 1. The van der Waals surface area contributed by atoms with Crippen LogP contribution in [-0.4, -0.2) is 59.7 Å². The molecule has 2 N–H and O–H groups in total. The Kier molecular flexibility index (Phi) is 8.10. The zero-order valence-electron chi connectivity index (χ0n) is 16.5. The molecular weight excluding hydrogens is 380 g/mol. The number of nitrogens with one attached hydrogen (secondary N) is 1. The van der Waals surface area contributed by atoms with Crippen molar-refractivity contribution in [2.45, 2.75) is 12.5 Å². The highest BCUT2D eigenvalue weighted by molar-refractivity contribution is 7.92. The van der Waals surface area contributed by atoms with Crippen molar-refractivity contribution in [2.75, 3.05) is 44.4 Å². The first-order valence-corrected chi connectivity index (χ1v) is 10.8. The van der Waals surface area contributed by atoms with Gasteiger partial charge in [0.2, 0.25) is 10.0 Å². The van der Waals surface area contributed by atoms with Gasteiger partial charge in [0, 0.05) is 13.6 Å². The van der Waals surface area contributed by atoms with E-state index in [0.717, 1.165) is 24.0 Å². The first kappa shape index (κ1) is 22.0. The summed E-state index contributed by atoms with van der Waals surface area (Å²) in [6.45, 7) is 1.26. The van der Waals surface area contributed by atoms with E-state index in [0.29, 0.717) is 24.5 Å². The molecule has 8 heteroatoms. The molecular formula is C20H28N2O5S. The van der Waals surface area contributed by atoms with Crippen LogP contribution >= 0.6 is 0 Å². The molecule has 0 heterocycles. The molecule has 0 radical (unpaired) electrons. The highest BCUT2D eigenvalue weighted by Gasteiger charge is 2.12. The van der Waals surface area contributed by atoms with Crippen molar-refractivity contribution in [3.05, 3.63) is 54.1 Å². The van der Waals surface area contributed by atoms with Crippen LogP contribution in [0.15, 0.2) is 48.5 Å². The van der Waals surface area contributed by atoms with E-state index in [2.05, 4.69) is 5.32 Å². The van der Waals surface area contributed by atoms with Gasteiger partial charge in [-0.05, 0) is 48.9 Å². The maximum atomic E-state index is 11.5. The Morgan fingerprint density at radius 2 is 1.82 bits per heavy atom. The van der Waals surface area contributed by atoms with Gasteiger partial charge in [-0.2, -0.15) is 0 Å². The molecule has 0 amide bonds. The topological polar surface area (TPSA) is 88.1 Å². The van der Waals surface area contributed by atoms with Gasteiger partial charge in [-0.1, -0.05) is 18.2 Å². The molecule has 0 aromatic heterocycles. The summed E-state index contributed by atoms with van der Waals surface area (Å²) >= 11 is 0. The lowest BCUT2D eigenvalue weighted by atomic mass is 10.1. The molecule has 0 saturated heterocycles. The highest BCUT2D eigenvalue weighted by Crippen LogP contribution is 2.20. The highest BCUT2D eigenvalue weighted by atomic mass is 32.2. The Morgan fingerprint density at radius 3 is 2.46 bits per heavy atom. The number of hydrogen-bond donors (Lipinski definition) is 2. The van der Waals surface area contributed by atoms with Crippen LogP contribution in [-0.2, 0) is 16.4 Å². The fourth-order valence-electron chi connectivity index (χ4n) is 2.60. The minimum absolute atomic E-state index is 0.142. The van der Waals surface area contributed by atoms with Gasteiger partial charge in [-0.25, -0.2) is 8.42 Å². The van der Waals surface area contributed by atoms with E-state index in [4.69, 9.17) is 9.47 Å². The molecule has 2 aromatic rings. The number of rotatable bonds is 11. The van der Waals surface area contributed by atoms with Crippen LogP contribution in [0.1, 0.15) is 5.56 Å². The third-order valence-corrected chi connectivity index (χ3v) is 5.49. The van der Waals surface area contributed by atoms with Crippen molar-refractivity contribution >= 4 is 15.7 Å². The molecule has 7 nitrogen and oxygen atoms in total. The number of hydrogen-bond acceptors (Lipinski definition) is 6. The normalized spacial score (nSPS) is 12.4. The number of ether oxygens (including phenoxy) is 2. The molecule has 0 bridgehead atoms. The second-order valence-corrected chi connectivity index (χ2v) is 8.47. The van der Waals surface area contributed by atoms with Gasteiger partial charge in [0.25, 0.3) is 0 Å². The van der Waals surface area contributed by atoms with Gasteiger partial charge in [0.15, 0.2) is 0 Å². The number of aliphatic hydroxyl groups is 1. The maximum absolute atomic E-state index is 11.5. The summed E-state index contributed by atoms with van der Waals surface area (Å²) in [5, 5.41) is 13.3. The number of nitrogens with zero attached hydrogens (tertiary/aromatic N) is 1. The van der Waals surface area contributed by atoms with Crippen molar-refractivity contribution < 1.29 is 23.0 Å². The van der Waals surface area contributed by atoms with Crippen LogP contribution in [0, 0.1) is 0 Å². The summed E-state index contributed by atoms with van der Waals surface area (Å²) in [6.07, 6.45) is 1.29. The fourth-order valence-corrected chi connectivity index (χ4v) is 3.10. The van der Waals surface area contributed by atoms with Gasteiger partial charge in [-0.15, -0.1) is 0 Å². The monoisotopic (exact) mass is 408 g/mol. The average Bonchev–Trinajstić information content (AvgIpc) is 2.69. The summed E-state index contributed by atoms with van der Waals surface area (Å²) in [4.78, 5) is 0. The van der Waals surface area contributed by atoms with Crippen molar-refractivity contribution in [3.8, 4) is 11.5 Å². The van der Waals surface area contributed by atoms with Crippen molar-refractivity contribution in [3.63, 3.8) is 0 Å². The minimum Gasteiger partial charge on any atom is -0.496 e. The average molecular weight is 409 g/mol. The fraction of sp³-hybridized carbons (Fsp3) is 0.400. The molecule has 0 aliphatic heterocycles. The predicted molar refractivity (Wildman–Crippen MR) is 111 cm³/mol. The lowest BCUT2D eigenvalue weighted by Crippen LogP contribution is -2.32. The first-order valence-electron chi connectivity index (χ1n) is 8.98. The van der Waals surface area contributed by atoms with Gasteiger partial charge < -0.3 is 19.9 Å². The molecule has 0 spiro atoms. The predicted octanol–water partition coefficient (Wildman–Crippen LogP) is 1.66. The molecule has 0 aliphatic carbocycles.